The molecule has 27 heavy (non-hydrogen) atoms. The van der Waals surface area contributed by atoms with Gasteiger partial charge in [0.05, 0.1) is 4.88 Å². The van der Waals surface area contributed by atoms with Crippen LogP contribution in [0.25, 0.3) is 0 Å². The molecule has 0 spiro atoms. The number of Topliss-reactive ketones (excluding diaryl/α,β-unsaturated/α-hetero) is 1. The Morgan fingerprint density at radius 3 is 2.63 bits per heavy atom. The molecule has 0 saturated carbocycles. The summed E-state index contributed by atoms with van der Waals surface area (Å²) in [6.45, 7) is 6.92. The van der Waals surface area contributed by atoms with Crippen molar-refractivity contribution in [2.75, 3.05) is 13.1 Å². The molecule has 144 valence electrons. The highest BCUT2D eigenvalue weighted by Crippen LogP contribution is 2.25. The molecular formula is C22H28N2O2S. The van der Waals surface area contributed by atoms with Gasteiger partial charge >= 0.3 is 0 Å². The number of nitrogens with one attached hydrogen (secondary N) is 1. The van der Waals surface area contributed by atoms with E-state index in [1.165, 1.54) is 22.5 Å². The van der Waals surface area contributed by atoms with Crippen molar-refractivity contribution in [3.05, 3.63) is 57.8 Å². The maximum Gasteiger partial charge on any atom is 0.220 e. The maximum atomic E-state index is 12.2. The average Bonchev–Trinajstić information content (AvgIpc) is 3.21. The van der Waals surface area contributed by atoms with Gasteiger partial charge in [0.15, 0.2) is 5.78 Å². The molecule has 0 saturated heterocycles. The van der Waals surface area contributed by atoms with Crippen LogP contribution in [0, 0.1) is 0 Å². The normalized spacial score (nSPS) is 14.6. The highest BCUT2D eigenvalue weighted by molar-refractivity contribution is 7.12. The molecule has 0 unspecified atom stereocenters. The van der Waals surface area contributed by atoms with Gasteiger partial charge in [0.25, 0.3) is 0 Å². The van der Waals surface area contributed by atoms with Crippen molar-refractivity contribution in [3.8, 4) is 0 Å². The molecule has 1 aliphatic heterocycles. The summed E-state index contributed by atoms with van der Waals surface area (Å²) in [6.07, 6.45) is 2.48. The minimum absolute atomic E-state index is 0.0273. The summed E-state index contributed by atoms with van der Waals surface area (Å²) in [5.74, 6) is 0.157. The van der Waals surface area contributed by atoms with Crippen molar-refractivity contribution in [1.82, 2.24) is 10.2 Å². The predicted molar refractivity (Wildman–Crippen MR) is 110 cm³/mol. The number of fused-ring (bicyclic) bond motifs is 1. The molecule has 3 rings (SSSR count). The van der Waals surface area contributed by atoms with E-state index in [0.29, 0.717) is 25.8 Å². The van der Waals surface area contributed by atoms with E-state index in [0.717, 1.165) is 24.4 Å². The number of ketones is 1. The molecule has 1 aromatic carbocycles. The van der Waals surface area contributed by atoms with Crippen LogP contribution in [-0.4, -0.2) is 35.2 Å². The molecular weight excluding hydrogens is 356 g/mol. The second-order valence-corrected chi connectivity index (χ2v) is 8.73. The van der Waals surface area contributed by atoms with E-state index in [1.54, 1.807) is 0 Å². The van der Waals surface area contributed by atoms with Gasteiger partial charge in [-0.25, -0.2) is 0 Å². The van der Waals surface area contributed by atoms with Gasteiger partial charge in [-0.15, -0.1) is 11.3 Å². The van der Waals surface area contributed by atoms with Crippen LogP contribution in [0.3, 0.4) is 0 Å². The van der Waals surface area contributed by atoms with Crippen LogP contribution in [0.1, 0.15) is 53.9 Å². The molecule has 1 N–H and O–H groups in total. The Kier molecular flexibility index (Phi) is 6.45. The Bertz CT molecular complexity index is 783. The average molecular weight is 385 g/mol. The Morgan fingerprint density at radius 2 is 1.89 bits per heavy atom. The highest BCUT2D eigenvalue weighted by Gasteiger charge is 2.29. The van der Waals surface area contributed by atoms with Crippen LogP contribution < -0.4 is 5.32 Å². The lowest BCUT2D eigenvalue weighted by atomic mass is 9.94. The van der Waals surface area contributed by atoms with Gasteiger partial charge in [-0.3, -0.25) is 14.5 Å². The Morgan fingerprint density at radius 1 is 1.11 bits per heavy atom. The number of thiophene rings is 1. The van der Waals surface area contributed by atoms with Crippen molar-refractivity contribution in [2.45, 2.75) is 51.6 Å². The van der Waals surface area contributed by atoms with Gasteiger partial charge in [0.2, 0.25) is 5.91 Å². The van der Waals surface area contributed by atoms with Gasteiger partial charge in [-0.2, -0.15) is 0 Å². The van der Waals surface area contributed by atoms with Crippen LogP contribution in [0.15, 0.2) is 41.8 Å². The number of carbonyl (C=O) groups is 2. The molecule has 5 heteroatoms. The molecule has 1 aromatic heterocycles. The Labute approximate surface area is 165 Å². The van der Waals surface area contributed by atoms with Crippen molar-refractivity contribution < 1.29 is 9.59 Å². The lowest BCUT2D eigenvalue weighted by Gasteiger charge is -2.41. The Balaban J connectivity index is 1.42. The summed E-state index contributed by atoms with van der Waals surface area (Å²) >= 11 is 1.46. The molecule has 2 aromatic rings. The number of hydrogen-bond donors (Lipinski definition) is 1. The largest absolute Gasteiger partial charge is 0.354 e. The molecule has 0 bridgehead atoms. The summed E-state index contributed by atoms with van der Waals surface area (Å²) in [6, 6.07) is 12.3. The molecule has 1 amide bonds. The number of amides is 1. The number of hydrogen-bond acceptors (Lipinski definition) is 4. The topological polar surface area (TPSA) is 49.4 Å². The second-order valence-electron chi connectivity index (χ2n) is 7.78. The van der Waals surface area contributed by atoms with Crippen molar-refractivity contribution in [2.24, 2.45) is 0 Å². The summed E-state index contributed by atoms with van der Waals surface area (Å²) in [4.78, 5) is 27.4. The summed E-state index contributed by atoms with van der Waals surface area (Å²) in [7, 11) is 0. The van der Waals surface area contributed by atoms with Gasteiger partial charge in [-0.1, -0.05) is 30.3 Å². The zero-order chi connectivity index (χ0) is 19.3. The van der Waals surface area contributed by atoms with Gasteiger partial charge in [0, 0.05) is 38.0 Å². The first-order valence-corrected chi connectivity index (χ1v) is 10.5. The number of carbonyl (C=O) groups excluding carboxylic acids is 2. The maximum absolute atomic E-state index is 12.2. The fourth-order valence-corrected chi connectivity index (χ4v) is 4.19. The van der Waals surface area contributed by atoms with Crippen LogP contribution in [0.4, 0.5) is 0 Å². The molecule has 4 nitrogen and oxygen atoms in total. The van der Waals surface area contributed by atoms with Crippen LogP contribution in [0.2, 0.25) is 0 Å². The van der Waals surface area contributed by atoms with E-state index in [-0.39, 0.29) is 17.2 Å². The number of benzene rings is 1. The summed E-state index contributed by atoms with van der Waals surface area (Å²) < 4.78 is 0. The molecule has 0 atom stereocenters. The quantitative estimate of drug-likeness (QED) is 0.699. The zero-order valence-corrected chi connectivity index (χ0v) is 17.0. The zero-order valence-electron chi connectivity index (χ0n) is 16.2. The monoisotopic (exact) mass is 384 g/mol. The first kappa shape index (κ1) is 19.8. The van der Waals surface area contributed by atoms with E-state index < -0.39 is 0 Å². The van der Waals surface area contributed by atoms with Gasteiger partial charge < -0.3 is 5.32 Å². The number of nitrogens with zero attached hydrogens (tertiary/aromatic N) is 1. The van der Waals surface area contributed by atoms with Crippen LogP contribution in [-0.2, 0) is 17.8 Å². The van der Waals surface area contributed by atoms with Crippen molar-refractivity contribution in [1.29, 1.82) is 0 Å². The Hall–Kier alpha value is -1.98. The molecule has 1 aliphatic rings. The first-order valence-electron chi connectivity index (χ1n) is 9.61. The standard InChI is InChI=1S/C22H28N2O2S/c1-22(2,24-13-12-17-7-3-4-8-18(17)15-24)16-23-21(26)11-5-9-19(25)20-10-6-14-27-20/h3-4,6-8,10,14H,5,9,11-13,15-16H2,1-2H3,(H,23,26). The van der Waals surface area contributed by atoms with Crippen molar-refractivity contribution in [3.63, 3.8) is 0 Å². The third-order valence-corrected chi connectivity index (χ3v) is 6.22. The SMILES string of the molecule is CC(C)(CNC(=O)CCCC(=O)c1cccs1)N1CCc2ccccc2C1. The molecule has 0 aliphatic carbocycles. The van der Waals surface area contributed by atoms with Crippen LogP contribution in [0.5, 0.6) is 0 Å². The van der Waals surface area contributed by atoms with E-state index in [1.807, 2.05) is 17.5 Å². The fraction of sp³-hybridized carbons (Fsp3) is 0.455. The summed E-state index contributed by atoms with van der Waals surface area (Å²) in [5.41, 5.74) is 2.72. The number of rotatable bonds is 8. The lowest BCUT2D eigenvalue weighted by molar-refractivity contribution is -0.121. The molecule has 0 fully saturated rings. The van der Waals surface area contributed by atoms with E-state index in [9.17, 15) is 9.59 Å². The van der Waals surface area contributed by atoms with E-state index in [2.05, 4.69) is 48.3 Å². The lowest BCUT2D eigenvalue weighted by Crippen LogP contribution is -2.53. The fourth-order valence-electron chi connectivity index (χ4n) is 3.50. The highest BCUT2D eigenvalue weighted by atomic mass is 32.1. The van der Waals surface area contributed by atoms with Gasteiger partial charge in [0.1, 0.15) is 0 Å². The minimum atomic E-state index is -0.101. The van der Waals surface area contributed by atoms with E-state index in [4.69, 9.17) is 0 Å². The van der Waals surface area contributed by atoms with E-state index >= 15 is 0 Å². The minimum Gasteiger partial charge on any atom is -0.354 e. The van der Waals surface area contributed by atoms with Crippen LogP contribution >= 0.6 is 11.3 Å². The first-order chi connectivity index (χ1) is 13.0. The predicted octanol–water partition coefficient (Wildman–Crippen LogP) is 4.05. The van der Waals surface area contributed by atoms with Crippen molar-refractivity contribution >= 4 is 23.0 Å². The third kappa shape index (κ3) is 5.27. The molecule has 2 heterocycles. The molecule has 0 radical (unpaired) electrons. The third-order valence-electron chi connectivity index (χ3n) is 5.31. The summed E-state index contributed by atoms with van der Waals surface area (Å²) in [5, 5.41) is 4.97. The smallest absolute Gasteiger partial charge is 0.220 e. The van der Waals surface area contributed by atoms with Gasteiger partial charge in [-0.05, 0) is 49.3 Å². The second kappa shape index (κ2) is 8.81.